The van der Waals surface area contributed by atoms with E-state index in [1.807, 2.05) is 36.4 Å². The molecule has 3 aliphatic heterocycles. The van der Waals surface area contributed by atoms with Crippen LogP contribution in [0.2, 0.25) is 0 Å². The van der Waals surface area contributed by atoms with E-state index in [0.717, 1.165) is 47.6 Å². The van der Waals surface area contributed by atoms with E-state index < -0.39 is 11.3 Å². The van der Waals surface area contributed by atoms with Crippen LogP contribution in [-0.2, 0) is 4.79 Å². The minimum atomic E-state index is -0.474. The number of benzene rings is 1. The number of hydrogen-bond acceptors (Lipinski definition) is 7. The van der Waals surface area contributed by atoms with Crippen molar-refractivity contribution in [2.45, 2.75) is 35.2 Å². The van der Waals surface area contributed by atoms with Gasteiger partial charge in [-0.1, -0.05) is 42.1 Å². The fraction of sp³-hybridized carbons (Fsp3) is 0.292. The summed E-state index contributed by atoms with van der Waals surface area (Å²) in [4.78, 5) is 32.5. The molecule has 0 spiro atoms. The van der Waals surface area contributed by atoms with Crippen molar-refractivity contribution in [3.05, 3.63) is 60.4 Å². The summed E-state index contributed by atoms with van der Waals surface area (Å²) >= 11 is 1.40. The zero-order chi connectivity index (χ0) is 23.1. The molecular weight excluding hydrogens is 450 g/mol. The fourth-order valence-corrected chi connectivity index (χ4v) is 6.00. The third-order valence-corrected chi connectivity index (χ3v) is 7.67. The molecule has 2 unspecified atom stereocenters. The van der Waals surface area contributed by atoms with Crippen molar-refractivity contribution < 1.29 is 9.59 Å². The lowest BCUT2D eigenvalue weighted by Crippen LogP contribution is -2.52. The molecule has 1 fully saturated rings. The van der Waals surface area contributed by atoms with Crippen LogP contribution in [-0.4, -0.2) is 51.5 Å². The molecule has 0 bridgehead atoms. The summed E-state index contributed by atoms with van der Waals surface area (Å²) in [6, 6.07) is 12.8. The van der Waals surface area contributed by atoms with Gasteiger partial charge in [0.1, 0.15) is 10.3 Å². The van der Waals surface area contributed by atoms with Crippen LogP contribution < -0.4 is 20.9 Å². The maximum Gasteiger partial charge on any atom is 0.328 e. The van der Waals surface area contributed by atoms with Crippen LogP contribution in [0.15, 0.2) is 59.9 Å². The number of carbonyl (C=O) groups excluding carboxylic acids is 2. The number of nitrogens with zero attached hydrogens (tertiary/aromatic N) is 4. The molecular formula is C24H23N7O2S. The van der Waals surface area contributed by atoms with Crippen molar-refractivity contribution in [2.75, 3.05) is 18.0 Å². The summed E-state index contributed by atoms with van der Waals surface area (Å²) < 4.78 is 0. The van der Waals surface area contributed by atoms with E-state index in [9.17, 15) is 9.59 Å². The average molecular weight is 474 g/mol. The molecule has 1 aromatic carbocycles. The maximum absolute atomic E-state index is 13.3. The van der Waals surface area contributed by atoms with Crippen molar-refractivity contribution >= 4 is 35.2 Å². The smallest absolute Gasteiger partial charge is 0.328 e. The highest BCUT2D eigenvalue weighted by atomic mass is 32.2. The van der Waals surface area contributed by atoms with Crippen molar-refractivity contribution in [3.8, 4) is 11.1 Å². The van der Waals surface area contributed by atoms with Crippen LogP contribution in [0.4, 0.5) is 16.3 Å². The van der Waals surface area contributed by atoms with E-state index in [1.54, 1.807) is 18.5 Å². The predicted molar refractivity (Wildman–Crippen MR) is 129 cm³/mol. The minimum absolute atomic E-state index is 0.0766. The van der Waals surface area contributed by atoms with Gasteiger partial charge in [-0.2, -0.15) is 5.10 Å². The molecule has 2 aromatic heterocycles. The van der Waals surface area contributed by atoms with Gasteiger partial charge in [-0.15, -0.1) is 5.10 Å². The SMILES string of the molecule is O=C(NC1CCCNC1)[C@@H]1Sc2nccc3c2C1NC(=O)N3c1cc(-c2ccccc2)cnn1. The second-order valence-corrected chi connectivity index (χ2v) is 9.70. The Bertz CT molecular complexity index is 1250. The Morgan fingerprint density at radius 1 is 1.18 bits per heavy atom. The number of pyridine rings is 1. The number of nitrogens with one attached hydrogen (secondary N) is 3. The molecule has 10 heteroatoms. The van der Waals surface area contributed by atoms with E-state index in [-0.39, 0.29) is 18.0 Å². The summed E-state index contributed by atoms with van der Waals surface area (Å²) in [6.45, 7) is 1.74. The van der Waals surface area contributed by atoms with Gasteiger partial charge in [0.2, 0.25) is 5.91 Å². The van der Waals surface area contributed by atoms with Gasteiger partial charge < -0.3 is 16.0 Å². The second-order valence-electron chi connectivity index (χ2n) is 8.57. The minimum Gasteiger partial charge on any atom is -0.351 e. The molecule has 6 rings (SSSR count). The van der Waals surface area contributed by atoms with E-state index in [0.29, 0.717) is 11.5 Å². The lowest BCUT2D eigenvalue weighted by Gasteiger charge is -2.33. The number of aromatic nitrogens is 3. The number of piperidine rings is 1. The molecule has 3 aromatic rings. The third-order valence-electron chi connectivity index (χ3n) is 6.39. The quantitative estimate of drug-likeness (QED) is 0.534. The average Bonchev–Trinajstić information content (AvgIpc) is 3.25. The van der Waals surface area contributed by atoms with Crippen LogP contribution in [0.1, 0.15) is 24.4 Å². The van der Waals surface area contributed by atoms with Gasteiger partial charge in [0.25, 0.3) is 0 Å². The summed E-state index contributed by atoms with van der Waals surface area (Å²) in [6.07, 6.45) is 5.33. The third kappa shape index (κ3) is 3.68. The normalized spacial score (nSPS) is 23.2. The summed E-state index contributed by atoms with van der Waals surface area (Å²) in [5.74, 6) is 0.337. The lowest BCUT2D eigenvalue weighted by atomic mass is 9.99. The molecule has 0 radical (unpaired) electrons. The number of amides is 3. The highest BCUT2D eigenvalue weighted by molar-refractivity contribution is 8.01. The second kappa shape index (κ2) is 8.69. The Morgan fingerprint density at radius 2 is 2.06 bits per heavy atom. The van der Waals surface area contributed by atoms with Crippen LogP contribution >= 0.6 is 11.8 Å². The highest BCUT2D eigenvalue weighted by Crippen LogP contribution is 2.50. The number of hydrogen-bond donors (Lipinski definition) is 3. The van der Waals surface area contributed by atoms with Gasteiger partial charge in [-0.3, -0.25) is 4.79 Å². The number of urea groups is 1. The zero-order valence-corrected chi connectivity index (χ0v) is 19.1. The molecule has 1 saturated heterocycles. The topological polar surface area (TPSA) is 112 Å². The summed E-state index contributed by atoms with van der Waals surface area (Å²) in [5, 5.41) is 18.2. The van der Waals surface area contributed by atoms with E-state index in [4.69, 9.17) is 0 Å². The number of thioether (sulfide) groups is 1. The van der Waals surface area contributed by atoms with Crippen LogP contribution in [0, 0.1) is 0 Å². The number of rotatable bonds is 4. The first-order valence-electron chi connectivity index (χ1n) is 11.3. The Hall–Kier alpha value is -3.50. The van der Waals surface area contributed by atoms with Gasteiger partial charge in [-0.05, 0) is 37.1 Å². The Balaban J connectivity index is 1.32. The molecule has 5 heterocycles. The largest absolute Gasteiger partial charge is 0.351 e. The van der Waals surface area contributed by atoms with Gasteiger partial charge in [0.05, 0.1) is 17.9 Å². The van der Waals surface area contributed by atoms with Gasteiger partial charge in [0.15, 0.2) is 5.82 Å². The first kappa shape index (κ1) is 21.1. The molecule has 3 aliphatic rings. The van der Waals surface area contributed by atoms with Gasteiger partial charge in [-0.25, -0.2) is 14.7 Å². The molecule has 34 heavy (non-hydrogen) atoms. The van der Waals surface area contributed by atoms with Crippen molar-refractivity contribution in [1.29, 1.82) is 0 Å². The summed E-state index contributed by atoms with van der Waals surface area (Å²) in [7, 11) is 0. The molecule has 9 nitrogen and oxygen atoms in total. The fourth-order valence-electron chi connectivity index (χ4n) is 4.76. The zero-order valence-electron chi connectivity index (χ0n) is 18.3. The van der Waals surface area contributed by atoms with E-state index >= 15 is 0 Å². The highest BCUT2D eigenvalue weighted by Gasteiger charge is 2.47. The maximum atomic E-state index is 13.3. The van der Waals surface area contributed by atoms with Crippen LogP contribution in [0.25, 0.3) is 11.1 Å². The van der Waals surface area contributed by atoms with Crippen molar-refractivity contribution in [3.63, 3.8) is 0 Å². The molecule has 3 N–H and O–H groups in total. The number of carbonyl (C=O) groups is 2. The molecule has 0 saturated carbocycles. The van der Waals surface area contributed by atoms with Gasteiger partial charge >= 0.3 is 6.03 Å². The summed E-state index contributed by atoms with van der Waals surface area (Å²) in [5.41, 5.74) is 3.37. The molecule has 172 valence electrons. The van der Waals surface area contributed by atoms with Crippen molar-refractivity contribution in [2.24, 2.45) is 0 Å². The molecule has 0 aliphatic carbocycles. The van der Waals surface area contributed by atoms with Gasteiger partial charge in [0, 0.05) is 29.9 Å². The Kier molecular flexibility index (Phi) is 5.39. The van der Waals surface area contributed by atoms with Crippen LogP contribution in [0.3, 0.4) is 0 Å². The standard InChI is InChI=1S/C24H23N7O2S/c32-22(28-16-7-4-9-25-13-16)21-20-19-17(8-10-26-23(19)34-21)31(24(33)29-20)18-11-15(12-27-30-18)14-5-2-1-3-6-14/h1-3,5-6,8,10-12,16,20-21,25H,4,7,9,13H2,(H,28,32)(H,29,33)/t16?,20?,21-/m1/s1. The molecule has 3 atom stereocenters. The monoisotopic (exact) mass is 473 g/mol. The van der Waals surface area contributed by atoms with Crippen molar-refractivity contribution in [1.82, 2.24) is 31.1 Å². The number of anilines is 2. The Labute approximate surface area is 200 Å². The first-order valence-corrected chi connectivity index (χ1v) is 12.2. The van der Waals surface area contributed by atoms with E-state index in [1.165, 1.54) is 16.7 Å². The lowest BCUT2D eigenvalue weighted by molar-refractivity contribution is -0.121. The van der Waals surface area contributed by atoms with E-state index in [2.05, 4.69) is 31.1 Å². The Morgan fingerprint density at radius 3 is 2.88 bits per heavy atom. The predicted octanol–water partition coefficient (Wildman–Crippen LogP) is 2.78. The first-order chi connectivity index (χ1) is 16.7. The molecule has 3 amide bonds. The van der Waals surface area contributed by atoms with Crippen LogP contribution in [0.5, 0.6) is 0 Å².